The van der Waals surface area contributed by atoms with Gasteiger partial charge in [0.2, 0.25) is 5.78 Å². The third kappa shape index (κ3) is 4.39. The largest absolute Gasteiger partial charge is 0.381 e. The lowest BCUT2D eigenvalue weighted by atomic mass is 9.71. The Morgan fingerprint density at radius 1 is 1.03 bits per heavy atom. The van der Waals surface area contributed by atoms with E-state index in [1.54, 1.807) is 0 Å². The highest BCUT2D eigenvalue weighted by atomic mass is 35.5. The van der Waals surface area contributed by atoms with Gasteiger partial charge in [0, 0.05) is 24.2 Å². The maximum atomic E-state index is 13.5. The van der Waals surface area contributed by atoms with E-state index < -0.39 is 61.6 Å². The van der Waals surface area contributed by atoms with E-state index >= 15 is 0 Å². The highest BCUT2D eigenvalue weighted by Gasteiger charge is 2.60. The van der Waals surface area contributed by atoms with Gasteiger partial charge < -0.3 is 10.4 Å². The summed E-state index contributed by atoms with van der Waals surface area (Å²) in [6.45, 7) is 1.08. The summed E-state index contributed by atoms with van der Waals surface area (Å²) in [5.41, 5.74) is -1.96. The first-order chi connectivity index (χ1) is 16.4. The van der Waals surface area contributed by atoms with Crippen LogP contribution in [-0.2, 0) is 19.4 Å². The number of benzene rings is 2. The van der Waals surface area contributed by atoms with Crippen molar-refractivity contribution in [3.05, 3.63) is 58.6 Å². The van der Waals surface area contributed by atoms with Crippen molar-refractivity contribution in [1.82, 2.24) is 0 Å². The lowest BCUT2D eigenvalue weighted by Gasteiger charge is -2.40. The number of fused-ring (bicyclic) bond motifs is 2. The van der Waals surface area contributed by atoms with E-state index in [1.165, 1.54) is 12.1 Å². The number of ketones is 2. The Balaban J connectivity index is 1.60. The van der Waals surface area contributed by atoms with Crippen LogP contribution in [0.5, 0.6) is 0 Å². The van der Waals surface area contributed by atoms with Crippen LogP contribution < -0.4 is 5.32 Å². The van der Waals surface area contributed by atoms with E-state index in [1.807, 2.05) is 0 Å². The highest BCUT2D eigenvalue weighted by Crippen LogP contribution is 2.52. The Bertz CT molecular complexity index is 1330. The molecule has 2 aliphatic carbocycles. The van der Waals surface area contributed by atoms with Crippen LogP contribution >= 0.6 is 11.6 Å². The third-order valence-electron chi connectivity index (χ3n) is 7.00. The molecule has 1 unspecified atom stereocenters. The molecule has 2 aromatic carbocycles. The maximum Gasteiger partial charge on any atom is 0.255 e. The Morgan fingerprint density at radius 2 is 1.66 bits per heavy atom. The number of rotatable bonds is 6. The van der Waals surface area contributed by atoms with Gasteiger partial charge in [-0.2, -0.15) is 0 Å². The van der Waals surface area contributed by atoms with Crippen LogP contribution in [-0.4, -0.2) is 41.8 Å². The summed E-state index contributed by atoms with van der Waals surface area (Å²) < 4.78 is 53.6. The molecule has 4 rings (SSSR count). The molecule has 2 aromatic rings. The van der Waals surface area contributed by atoms with Gasteiger partial charge in [0.05, 0.1) is 15.2 Å². The second-order valence-electron chi connectivity index (χ2n) is 9.05. The van der Waals surface area contributed by atoms with Gasteiger partial charge in [0.25, 0.3) is 5.91 Å². The number of Topliss-reactive ketones (excluding diaryl/α,β-unsaturated/α-hetero) is 2. The van der Waals surface area contributed by atoms with Crippen LogP contribution in [0.1, 0.15) is 43.0 Å². The van der Waals surface area contributed by atoms with Gasteiger partial charge in [0.15, 0.2) is 27.3 Å². The van der Waals surface area contributed by atoms with Crippen LogP contribution in [0.15, 0.2) is 41.3 Å². The average molecular weight is 526 g/mol. The second-order valence-corrected chi connectivity index (χ2v) is 11.7. The fraction of sp³-hybridized carbons (Fsp3) is 0.375. The average Bonchev–Trinajstić information content (AvgIpc) is 2.97. The van der Waals surface area contributed by atoms with Gasteiger partial charge in [-0.05, 0) is 67.9 Å². The number of amides is 1. The standard InChI is InChI=1S/C24H22ClF2NO6S/c1-12(29)22(30)24(32)14-3-4-15(24)10-17(9-14)35(33,34)21-8-13(2-6-18(21)25)23(31)28-16-5-7-19(26)20(27)11-16/h2,5-8,11,14-15,17,32H,3-4,9-10H2,1H3,(H,28,31)/t14-,15?,17-,24-/m0/s1. The molecule has 11 heteroatoms. The lowest BCUT2D eigenvalue weighted by Crippen LogP contribution is -2.55. The summed E-state index contributed by atoms with van der Waals surface area (Å²) >= 11 is 6.19. The minimum absolute atomic E-state index is 0.0217. The van der Waals surface area contributed by atoms with Crippen molar-refractivity contribution in [2.75, 3.05) is 5.32 Å². The molecule has 0 spiro atoms. The zero-order chi connectivity index (χ0) is 25.7. The SMILES string of the molecule is CC(=O)C(=O)[C@@]1(O)C2CC[C@H]1C[C@H](S(=O)(=O)c1cc(C(=O)Nc3ccc(F)c(F)c3)ccc1Cl)C2. The highest BCUT2D eigenvalue weighted by molar-refractivity contribution is 7.92. The first-order valence-corrected chi connectivity index (χ1v) is 12.9. The van der Waals surface area contributed by atoms with Crippen molar-refractivity contribution < 1.29 is 36.7 Å². The van der Waals surface area contributed by atoms with Crippen molar-refractivity contribution in [3.63, 3.8) is 0 Å². The Morgan fingerprint density at radius 3 is 2.23 bits per heavy atom. The quantitative estimate of drug-likeness (QED) is 0.555. The number of carbonyl (C=O) groups excluding carboxylic acids is 3. The first kappa shape index (κ1) is 25.4. The molecule has 2 fully saturated rings. The number of hydrogen-bond acceptors (Lipinski definition) is 6. The third-order valence-corrected chi connectivity index (χ3v) is 9.66. The van der Waals surface area contributed by atoms with Gasteiger partial charge in [0.1, 0.15) is 5.60 Å². The number of hydrogen-bond donors (Lipinski definition) is 2. The van der Waals surface area contributed by atoms with Crippen LogP contribution in [0.2, 0.25) is 5.02 Å². The summed E-state index contributed by atoms with van der Waals surface area (Å²) in [5, 5.41) is 12.3. The first-order valence-electron chi connectivity index (χ1n) is 10.9. The molecule has 0 radical (unpaired) electrons. The number of nitrogens with one attached hydrogen (secondary N) is 1. The molecular weight excluding hydrogens is 504 g/mol. The van der Waals surface area contributed by atoms with Gasteiger partial charge in [-0.15, -0.1) is 0 Å². The molecule has 2 N–H and O–H groups in total. The van der Waals surface area contributed by atoms with Crippen LogP contribution in [0.3, 0.4) is 0 Å². The summed E-state index contributed by atoms with van der Waals surface area (Å²) in [5.74, 6) is -6.02. The summed E-state index contributed by atoms with van der Waals surface area (Å²) in [4.78, 5) is 36.4. The van der Waals surface area contributed by atoms with Crippen molar-refractivity contribution in [2.45, 2.75) is 48.4 Å². The van der Waals surface area contributed by atoms with E-state index in [-0.39, 0.29) is 34.0 Å². The van der Waals surface area contributed by atoms with Crippen molar-refractivity contribution in [2.24, 2.45) is 11.8 Å². The molecule has 0 saturated heterocycles. The molecular formula is C24H22ClF2NO6S. The molecule has 2 saturated carbocycles. The topological polar surface area (TPSA) is 118 Å². The molecule has 35 heavy (non-hydrogen) atoms. The molecule has 186 valence electrons. The number of halogens is 3. The van der Waals surface area contributed by atoms with E-state index in [9.17, 15) is 36.7 Å². The Kier molecular flexibility index (Phi) is 6.58. The predicted octanol–water partition coefficient (Wildman–Crippen LogP) is 3.72. The summed E-state index contributed by atoms with van der Waals surface area (Å²) in [6, 6.07) is 6.45. The molecule has 1 amide bonds. The zero-order valence-corrected chi connectivity index (χ0v) is 20.1. The fourth-order valence-electron chi connectivity index (χ4n) is 5.23. The molecule has 2 bridgehead atoms. The van der Waals surface area contributed by atoms with Gasteiger partial charge in [-0.3, -0.25) is 14.4 Å². The van der Waals surface area contributed by atoms with E-state index in [0.717, 1.165) is 31.2 Å². The van der Waals surface area contributed by atoms with E-state index in [4.69, 9.17) is 11.6 Å². The Hall–Kier alpha value is -2.69. The van der Waals surface area contributed by atoms with Crippen LogP contribution in [0, 0.1) is 23.5 Å². The minimum Gasteiger partial charge on any atom is -0.381 e. The van der Waals surface area contributed by atoms with Crippen LogP contribution in [0.4, 0.5) is 14.5 Å². The van der Waals surface area contributed by atoms with Crippen LogP contribution in [0.25, 0.3) is 0 Å². The molecule has 7 nitrogen and oxygen atoms in total. The number of sulfone groups is 1. The zero-order valence-electron chi connectivity index (χ0n) is 18.6. The fourth-order valence-corrected chi connectivity index (χ4v) is 7.63. The summed E-state index contributed by atoms with van der Waals surface area (Å²) in [6.07, 6.45) is 0.763. The molecule has 4 atom stereocenters. The lowest BCUT2D eigenvalue weighted by molar-refractivity contribution is -0.156. The van der Waals surface area contributed by atoms with E-state index in [2.05, 4.69) is 5.32 Å². The molecule has 0 aromatic heterocycles. The molecule has 0 aliphatic heterocycles. The predicted molar refractivity (Wildman–Crippen MR) is 123 cm³/mol. The van der Waals surface area contributed by atoms with Crippen molar-refractivity contribution in [1.29, 1.82) is 0 Å². The molecule has 0 heterocycles. The Labute approximate surface area is 205 Å². The van der Waals surface area contributed by atoms with E-state index in [0.29, 0.717) is 12.8 Å². The van der Waals surface area contributed by atoms with Gasteiger partial charge in [-0.25, -0.2) is 17.2 Å². The maximum absolute atomic E-state index is 13.5. The normalized spacial score (nSPS) is 25.8. The number of carbonyl (C=O) groups is 3. The monoisotopic (exact) mass is 525 g/mol. The summed E-state index contributed by atoms with van der Waals surface area (Å²) in [7, 11) is -4.08. The van der Waals surface area contributed by atoms with Gasteiger partial charge in [-0.1, -0.05) is 11.6 Å². The number of anilines is 1. The minimum atomic E-state index is -4.08. The van der Waals surface area contributed by atoms with Gasteiger partial charge >= 0.3 is 0 Å². The van der Waals surface area contributed by atoms with Crippen molar-refractivity contribution >= 4 is 44.6 Å². The smallest absolute Gasteiger partial charge is 0.255 e. The van der Waals surface area contributed by atoms with Crippen molar-refractivity contribution in [3.8, 4) is 0 Å². The number of aliphatic hydroxyl groups is 1. The molecule has 2 aliphatic rings. The second kappa shape index (κ2) is 9.07.